The minimum absolute atomic E-state index is 0.130. The fourth-order valence-corrected chi connectivity index (χ4v) is 1.41. The lowest BCUT2D eigenvalue weighted by atomic mass is 10.2. The Morgan fingerprint density at radius 3 is 2.94 bits per heavy atom. The molecule has 2 aromatic rings. The summed E-state index contributed by atoms with van der Waals surface area (Å²) in [5, 5.41) is 2.64. The fourth-order valence-electron chi connectivity index (χ4n) is 1.41. The molecule has 0 atom stereocenters. The van der Waals surface area contributed by atoms with Crippen LogP contribution in [0, 0.1) is 6.92 Å². The third-order valence-electron chi connectivity index (χ3n) is 2.19. The van der Waals surface area contributed by atoms with Crippen LogP contribution in [-0.2, 0) is 11.3 Å². The monoisotopic (exact) mass is 231 g/mol. The zero-order valence-corrected chi connectivity index (χ0v) is 9.47. The van der Waals surface area contributed by atoms with Gasteiger partial charge in [0.25, 0.3) is 0 Å². The zero-order chi connectivity index (χ0) is 12.1. The number of furan rings is 1. The van der Waals surface area contributed by atoms with E-state index in [-0.39, 0.29) is 6.61 Å². The highest BCUT2D eigenvalue weighted by Crippen LogP contribution is 2.10. The predicted molar refractivity (Wildman–Crippen MR) is 63.7 cm³/mol. The average Bonchev–Trinajstić information content (AvgIpc) is 2.79. The van der Waals surface area contributed by atoms with Crippen LogP contribution in [0.3, 0.4) is 0 Å². The fraction of sp³-hybridized carbons (Fsp3) is 0.154. The van der Waals surface area contributed by atoms with Crippen molar-refractivity contribution in [2.45, 2.75) is 13.5 Å². The molecule has 1 amide bonds. The first kappa shape index (κ1) is 11.3. The van der Waals surface area contributed by atoms with Gasteiger partial charge in [-0.1, -0.05) is 12.1 Å². The Kier molecular flexibility index (Phi) is 3.45. The highest BCUT2D eigenvalue weighted by molar-refractivity contribution is 5.84. The number of aryl methyl sites for hydroxylation is 1. The van der Waals surface area contributed by atoms with Gasteiger partial charge >= 0.3 is 6.09 Å². The molecule has 88 valence electrons. The number of carbonyl (C=O) groups is 1. The molecule has 4 heteroatoms. The molecule has 0 fully saturated rings. The molecule has 0 radical (unpaired) electrons. The summed E-state index contributed by atoms with van der Waals surface area (Å²) < 4.78 is 10.0. The number of benzene rings is 1. The molecule has 1 N–H and O–H groups in total. The molecule has 0 saturated carbocycles. The third kappa shape index (κ3) is 3.38. The highest BCUT2D eigenvalue weighted by atomic mass is 16.6. The first-order valence-electron chi connectivity index (χ1n) is 5.27. The van der Waals surface area contributed by atoms with E-state index in [9.17, 15) is 4.79 Å². The van der Waals surface area contributed by atoms with Gasteiger partial charge in [-0.25, -0.2) is 4.79 Å². The van der Waals surface area contributed by atoms with E-state index in [1.54, 1.807) is 18.2 Å². The van der Waals surface area contributed by atoms with E-state index in [1.165, 1.54) is 6.26 Å². The van der Waals surface area contributed by atoms with Crippen LogP contribution in [-0.4, -0.2) is 6.09 Å². The Labute approximate surface area is 99.2 Å². The molecule has 1 heterocycles. The lowest BCUT2D eigenvalue weighted by Crippen LogP contribution is -2.13. The van der Waals surface area contributed by atoms with Gasteiger partial charge in [0.15, 0.2) is 6.61 Å². The summed E-state index contributed by atoms with van der Waals surface area (Å²) in [5.41, 5.74) is 1.79. The van der Waals surface area contributed by atoms with Gasteiger partial charge in [0.05, 0.1) is 6.26 Å². The van der Waals surface area contributed by atoms with Crippen molar-refractivity contribution in [2.75, 3.05) is 5.32 Å². The van der Waals surface area contributed by atoms with Crippen molar-refractivity contribution in [3.8, 4) is 0 Å². The number of hydrogen-bond acceptors (Lipinski definition) is 3. The molecular weight excluding hydrogens is 218 g/mol. The zero-order valence-electron chi connectivity index (χ0n) is 9.47. The molecule has 0 unspecified atom stereocenters. The van der Waals surface area contributed by atoms with Gasteiger partial charge in [-0.05, 0) is 36.8 Å². The highest BCUT2D eigenvalue weighted by Gasteiger charge is 2.04. The van der Waals surface area contributed by atoms with Crippen molar-refractivity contribution in [2.24, 2.45) is 0 Å². The summed E-state index contributed by atoms with van der Waals surface area (Å²) in [7, 11) is 0. The van der Waals surface area contributed by atoms with Crippen molar-refractivity contribution >= 4 is 11.8 Å². The van der Waals surface area contributed by atoms with Gasteiger partial charge in [0.2, 0.25) is 0 Å². The maximum atomic E-state index is 11.4. The van der Waals surface area contributed by atoms with Crippen molar-refractivity contribution in [3.05, 3.63) is 54.0 Å². The van der Waals surface area contributed by atoms with Gasteiger partial charge in [-0.2, -0.15) is 0 Å². The van der Waals surface area contributed by atoms with Crippen LogP contribution in [0.5, 0.6) is 0 Å². The second-order valence-corrected chi connectivity index (χ2v) is 3.65. The first-order valence-corrected chi connectivity index (χ1v) is 5.27. The standard InChI is InChI=1S/C13H13NO3/c1-10-4-2-5-11(8-10)14-13(15)17-9-12-6-3-7-16-12/h2-8H,9H2,1H3,(H,14,15). The number of anilines is 1. The Morgan fingerprint density at radius 1 is 1.35 bits per heavy atom. The number of ether oxygens (including phenoxy) is 1. The molecule has 0 aliphatic carbocycles. The van der Waals surface area contributed by atoms with Crippen LogP contribution in [0.1, 0.15) is 11.3 Å². The minimum Gasteiger partial charge on any atom is -0.466 e. The Balaban J connectivity index is 1.85. The predicted octanol–water partition coefficient (Wildman–Crippen LogP) is 3.34. The Bertz CT molecular complexity index is 491. The van der Waals surface area contributed by atoms with Crippen LogP contribution in [0.2, 0.25) is 0 Å². The summed E-state index contributed by atoms with van der Waals surface area (Å²) in [4.78, 5) is 11.4. The number of hydrogen-bond donors (Lipinski definition) is 1. The van der Waals surface area contributed by atoms with Crippen LogP contribution in [0.15, 0.2) is 47.1 Å². The van der Waals surface area contributed by atoms with E-state index in [2.05, 4.69) is 5.32 Å². The summed E-state index contributed by atoms with van der Waals surface area (Å²) >= 11 is 0. The number of carbonyl (C=O) groups excluding carboxylic acids is 1. The van der Waals surface area contributed by atoms with Gasteiger partial charge in [0, 0.05) is 5.69 Å². The number of nitrogens with one attached hydrogen (secondary N) is 1. The molecule has 0 spiro atoms. The van der Waals surface area contributed by atoms with E-state index in [1.807, 2.05) is 25.1 Å². The van der Waals surface area contributed by atoms with Gasteiger partial charge in [-0.15, -0.1) is 0 Å². The van der Waals surface area contributed by atoms with Crippen LogP contribution >= 0.6 is 0 Å². The summed E-state index contributed by atoms with van der Waals surface area (Å²) in [6.07, 6.45) is 1.05. The molecule has 4 nitrogen and oxygen atoms in total. The molecule has 17 heavy (non-hydrogen) atoms. The summed E-state index contributed by atoms with van der Waals surface area (Å²) in [6.45, 7) is 2.09. The normalized spacial score (nSPS) is 9.94. The molecule has 1 aromatic heterocycles. The second kappa shape index (κ2) is 5.21. The van der Waals surface area contributed by atoms with E-state index in [0.29, 0.717) is 5.76 Å². The molecule has 2 rings (SSSR count). The van der Waals surface area contributed by atoms with Crippen molar-refractivity contribution in [3.63, 3.8) is 0 Å². The Morgan fingerprint density at radius 2 is 2.24 bits per heavy atom. The topological polar surface area (TPSA) is 51.5 Å². The number of rotatable bonds is 3. The third-order valence-corrected chi connectivity index (χ3v) is 2.19. The lowest BCUT2D eigenvalue weighted by Gasteiger charge is -2.06. The van der Waals surface area contributed by atoms with Crippen LogP contribution in [0.25, 0.3) is 0 Å². The van der Waals surface area contributed by atoms with Gasteiger partial charge in [-0.3, -0.25) is 5.32 Å². The van der Waals surface area contributed by atoms with Crippen LogP contribution in [0.4, 0.5) is 10.5 Å². The van der Waals surface area contributed by atoms with Crippen molar-refractivity contribution in [1.82, 2.24) is 0 Å². The maximum Gasteiger partial charge on any atom is 0.412 e. The smallest absolute Gasteiger partial charge is 0.412 e. The van der Waals surface area contributed by atoms with E-state index in [4.69, 9.17) is 9.15 Å². The van der Waals surface area contributed by atoms with E-state index < -0.39 is 6.09 Å². The molecule has 0 saturated heterocycles. The first-order chi connectivity index (χ1) is 8.24. The SMILES string of the molecule is Cc1cccc(NC(=O)OCc2ccco2)c1. The molecular formula is C13H13NO3. The summed E-state index contributed by atoms with van der Waals surface area (Å²) in [6, 6.07) is 11.0. The molecule has 1 aromatic carbocycles. The summed E-state index contributed by atoms with van der Waals surface area (Å²) in [5.74, 6) is 0.615. The molecule has 0 aliphatic rings. The molecule has 0 bridgehead atoms. The minimum atomic E-state index is -0.494. The molecule has 0 aliphatic heterocycles. The van der Waals surface area contributed by atoms with Gasteiger partial charge < -0.3 is 9.15 Å². The van der Waals surface area contributed by atoms with Crippen LogP contribution < -0.4 is 5.32 Å². The maximum absolute atomic E-state index is 11.4. The van der Waals surface area contributed by atoms with E-state index in [0.717, 1.165) is 11.3 Å². The van der Waals surface area contributed by atoms with Crippen molar-refractivity contribution < 1.29 is 13.9 Å². The Hall–Kier alpha value is -2.23. The van der Waals surface area contributed by atoms with Crippen molar-refractivity contribution in [1.29, 1.82) is 0 Å². The quantitative estimate of drug-likeness (QED) is 0.881. The second-order valence-electron chi connectivity index (χ2n) is 3.65. The van der Waals surface area contributed by atoms with Gasteiger partial charge in [0.1, 0.15) is 5.76 Å². The average molecular weight is 231 g/mol. The largest absolute Gasteiger partial charge is 0.466 e. The van der Waals surface area contributed by atoms with E-state index >= 15 is 0 Å². The number of amides is 1. The lowest BCUT2D eigenvalue weighted by molar-refractivity contribution is 0.146.